The Balaban J connectivity index is 1.75. The molecule has 1 aromatic heterocycles. The van der Waals surface area contributed by atoms with Crippen molar-refractivity contribution in [3.63, 3.8) is 0 Å². The van der Waals surface area contributed by atoms with Gasteiger partial charge in [-0.25, -0.2) is 9.78 Å². The summed E-state index contributed by atoms with van der Waals surface area (Å²) in [5.41, 5.74) is 1.48. The number of benzene rings is 1. The van der Waals surface area contributed by atoms with E-state index in [1.165, 1.54) is 5.56 Å². The van der Waals surface area contributed by atoms with Crippen molar-refractivity contribution in [1.82, 2.24) is 4.98 Å². The van der Waals surface area contributed by atoms with Crippen molar-refractivity contribution in [1.29, 1.82) is 0 Å². The molecule has 0 amide bonds. The second-order valence-electron chi connectivity index (χ2n) is 4.07. The first-order valence-corrected chi connectivity index (χ1v) is 6.47. The molecule has 0 fully saturated rings. The number of aromatic nitrogens is 1. The molecule has 0 aliphatic heterocycles. The maximum absolute atomic E-state index is 11.7. The summed E-state index contributed by atoms with van der Waals surface area (Å²) in [5, 5.41) is 0.290. The van der Waals surface area contributed by atoms with Gasteiger partial charge in [-0.2, -0.15) is 0 Å². The minimum atomic E-state index is -0.435. The van der Waals surface area contributed by atoms with Crippen LogP contribution in [0.4, 0.5) is 0 Å². The molecule has 3 nitrogen and oxygen atoms in total. The normalized spacial score (nSPS) is 10.2. The van der Waals surface area contributed by atoms with Crippen LogP contribution in [-0.4, -0.2) is 17.6 Å². The quantitative estimate of drug-likeness (QED) is 0.476. The van der Waals surface area contributed by atoms with Crippen molar-refractivity contribution < 1.29 is 9.53 Å². The minimum Gasteiger partial charge on any atom is -0.461 e. The average Bonchev–Trinajstić information content (AvgIpc) is 2.44. The minimum absolute atomic E-state index is 0.243. The zero-order chi connectivity index (χ0) is 13.5. The van der Waals surface area contributed by atoms with E-state index < -0.39 is 5.97 Å². The first kappa shape index (κ1) is 13.6. The molecule has 0 radical (unpaired) electrons. The number of aryl methyl sites for hydroxylation is 1. The highest BCUT2D eigenvalue weighted by Crippen LogP contribution is 2.07. The number of hydrogen-bond donors (Lipinski definition) is 0. The molecule has 2 rings (SSSR count). The maximum atomic E-state index is 11.7. The van der Waals surface area contributed by atoms with Crippen molar-refractivity contribution in [2.45, 2.75) is 12.8 Å². The molecule has 0 aliphatic rings. The van der Waals surface area contributed by atoms with Crippen molar-refractivity contribution in [2.24, 2.45) is 0 Å². The Morgan fingerprint density at radius 1 is 1.11 bits per heavy atom. The Morgan fingerprint density at radius 2 is 1.89 bits per heavy atom. The van der Waals surface area contributed by atoms with Gasteiger partial charge in [0.2, 0.25) is 0 Å². The summed E-state index contributed by atoms with van der Waals surface area (Å²) in [5.74, 6) is -0.435. The van der Waals surface area contributed by atoms with Crippen LogP contribution in [-0.2, 0) is 11.2 Å². The van der Waals surface area contributed by atoms with Crippen LogP contribution in [0.2, 0.25) is 5.15 Å². The summed E-state index contributed by atoms with van der Waals surface area (Å²) >= 11 is 5.71. The number of nitrogens with zero attached hydrogens (tertiary/aromatic N) is 1. The van der Waals surface area contributed by atoms with E-state index in [0.717, 1.165) is 12.8 Å². The van der Waals surface area contributed by atoms with Crippen LogP contribution in [0.5, 0.6) is 0 Å². The zero-order valence-corrected chi connectivity index (χ0v) is 11.1. The third-order valence-electron chi connectivity index (χ3n) is 2.61. The van der Waals surface area contributed by atoms with Gasteiger partial charge in [0.15, 0.2) is 0 Å². The summed E-state index contributed by atoms with van der Waals surface area (Å²) < 4.78 is 5.14. The average molecular weight is 276 g/mol. The van der Waals surface area contributed by atoms with Gasteiger partial charge >= 0.3 is 5.97 Å². The number of esters is 1. The second-order valence-corrected chi connectivity index (χ2v) is 4.46. The van der Waals surface area contributed by atoms with E-state index in [1.807, 2.05) is 18.2 Å². The molecule has 0 atom stereocenters. The highest BCUT2D eigenvalue weighted by Gasteiger charge is 2.08. The molecule has 2 aromatic rings. The molecular formula is C15H14ClNO2. The Bertz CT molecular complexity index is 543. The summed E-state index contributed by atoms with van der Waals surface area (Å²) in [6.45, 7) is 0.377. The monoisotopic (exact) mass is 275 g/mol. The lowest BCUT2D eigenvalue weighted by molar-refractivity contribution is 0.0494. The molecule has 0 spiro atoms. The van der Waals surface area contributed by atoms with Gasteiger partial charge in [-0.1, -0.05) is 48.0 Å². The van der Waals surface area contributed by atoms with Crippen molar-refractivity contribution in [3.8, 4) is 0 Å². The lowest BCUT2D eigenvalue weighted by Crippen LogP contribution is -2.09. The first-order valence-electron chi connectivity index (χ1n) is 6.09. The van der Waals surface area contributed by atoms with E-state index in [2.05, 4.69) is 17.1 Å². The third kappa shape index (κ3) is 4.38. The smallest absolute Gasteiger partial charge is 0.356 e. The predicted octanol–water partition coefficient (Wildman–Crippen LogP) is 3.52. The molecule has 98 valence electrons. The summed E-state index contributed by atoms with van der Waals surface area (Å²) in [6, 6.07) is 15.0. The van der Waals surface area contributed by atoms with Gasteiger partial charge in [0.25, 0.3) is 0 Å². The van der Waals surface area contributed by atoms with Crippen LogP contribution in [0, 0.1) is 0 Å². The van der Waals surface area contributed by atoms with Crippen LogP contribution in [0.15, 0.2) is 48.5 Å². The van der Waals surface area contributed by atoms with Gasteiger partial charge in [-0.3, -0.25) is 0 Å². The summed E-state index contributed by atoms with van der Waals surface area (Å²) in [4.78, 5) is 15.6. The fraction of sp³-hybridized carbons (Fsp3) is 0.200. The standard InChI is InChI=1S/C15H14ClNO2/c16-14-10-4-9-13(17-14)15(18)19-11-5-8-12-6-2-1-3-7-12/h1-4,6-7,9-10H,5,8,11H2. The van der Waals surface area contributed by atoms with Gasteiger partial charge in [0, 0.05) is 0 Å². The number of carbonyl (C=O) groups excluding carboxylic acids is 1. The van der Waals surface area contributed by atoms with Crippen molar-refractivity contribution >= 4 is 17.6 Å². The Kier molecular flexibility index (Phi) is 4.93. The predicted molar refractivity (Wildman–Crippen MR) is 74.3 cm³/mol. The van der Waals surface area contributed by atoms with Gasteiger partial charge in [-0.05, 0) is 30.5 Å². The van der Waals surface area contributed by atoms with Crippen LogP contribution < -0.4 is 0 Å². The number of pyridine rings is 1. The lowest BCUT2D eigenvalue weighted by atomic mass is 10.1. The first-order chi connectivity index (χ1) is 9.25. The van der Waals surface area contributed by atoms with E-state index in [-0.39, 0.29) is 5.69 Å². The Morgan fingerprint density at radius 3 is 2.63 bits per heavy atom. The van der Waals surface area contributed by atoms with Crippen molar-refractivity contribution in [3.05, 3.63) is 64.9 Å². The molecule has 1 heterocycles. The van der Waals surface area contributed by atoms with E-state index >= 15 is 0 Å². The molecule has 0 saturated carbocycles. The maximum Gasteiger partial charge on any atom is 0.356 e. The fourth-order valence-corrected chi connectivity index (χ4v) is 1.85. The van der Waals surface area contributed by atoms with Gasteiger partial charge in [-0.15, -0.1) is 0 Å². The Hall–Kier alpha value is -1.87. The second kappa shape index (κ2) is 6.90. The van der Waals surface area contributed by atoms with E-state index in [4.69, 9.17) is 16.3 Å². The highest BCUT2D eigenvalue weighted by molar-refractivity contribution is 6.29. The van der Waals surface area contributed by atoms with Crippen LogP contribution in [0.3, 0.4) is 0 Å². The Labute approximate surface area is 117 Å². The molecular weight excluding hydrogens is 262 g/mol. The number of carbonyl (C=O) groups is 1. The molecule has 0 saturated heterocycles. The zero-order valence-electron chi connectivity index (χ0n) is 10.4. The van der Waals surface area contributed by atoms with Crippen LogP contribution in [0.1, 0.15) is 22.5 Å². The SMILES string of the molecule is O=C(OCCCc1ccccc1)c1cccc(Cl)n1. The van der Waals surface area contributed by atoms with E-state index in [0.29, 0.717) is 11.8 Å². The molecule has 4 heteroatoms. The van der Waals surface area contributed by atoms with Gasteiger partial charge < -0.3 is 4.74 Å². The molecule has 19 heavy (non-hydrogen) atoms. The number of halogens is 1. The summed E-state index contributed by atoms with van der Waals surface area (Å²) in [7, 11) is 0. The largest absolute Gasteiger partial charge is 0.461 e. The van der Waals surface area contributed by atoms with Crippen LogP contribution >= 0.6 is 11.6 Å². The molecule has 0 bridgehead atoms. The van der Waals surface area contributed by atoms with Gasteiger partial charge in [0.05, 0.1) is 6.61 Å². The highest BCUT2D eigenvalue weighted by atomic mass is 35.5. The lowest BCUT2D eigenvalue weighted by Gasteiger charge is -2.04. The fourth-order valence-electron chi connectivity index (χ4n) is 1.68. The molecule has 0 N–H and O–H groups in total. The van der Waals surface area contributed by atoms with E-state index in [9.17, 15) is 4.79 Å². The summed E-state index contributed by atoms with van der Waals surface area (Å²) in [6.07, 6.45) is 1.67. The van der Waals surface area contributed by atoms with Crippen LogP contribution in [0.25, 0.3) is 0 Å². The van der Waals surface area contributed by atoms with Gasteiger partial charge in [0.1, 0.15) is 10.8 Å². The molecule has 1 aromatic carbocycles. The number of ether oxygens (including phenoxy) is 1. The molecule has 0 unspecified atom stereocenters. The van der Waals surface area contributed by atoms with E-state index in [1.54, 1.807) is 18.2 Å². The topological polar surface area (TPSA) is 39.2 Å². The third-order valence-corrected chi connectivity index (χ3v) is 2.82. The molecule has 0 aliphatic carbocycles. The number of hydrogen-bond acceptors (Lipinski definition) is 3. The van der Waals surface area contributed by atoms with Crippen molar-refractivity contribution in [2.75, 3.05) is 6.61 Å². The number of rotatable bonds is 5.